The molecule has 9 heteroatoms. The largest absolute Gasteiger partial charge is 0.324 e. The zero-order chi connectivity index (χ0) is 28.2. The molecule has 204 valence electrons. The zero-order valence-electron chi connectivity index (χ0n) is 22.8. The van der Waals surface area contributed by atoms with Gasteiger partial charge in [0.25, 0.3) is 5.91 Å². The van der Waals surface area contributed by atoms with E-state index in [2.05, 4.69) is 21.4 Å². The Morgan fingerprint density at radius 2 is 1.88 bits per heavy atom. The maximum Gasteiger partial charge on any atom is 0.278 e. The third-order valence-electron chi connectivity index (χ3n) is 7.80. The fraction of sp³-hybridized carbons (Fsp3) is 0.323. The lowest BCUT2D eigenvalue weighted by molar-refractivity contribution is -0.118. The molecular formula is C31H33N7O2. The number of aromatic nitrogens is 3. The average Bonchev–Trinajstić information content (AvgIpc) is 3.44. The van der Waals surface area contributed by atoms with E-state index >= 15 is 0 Å². The Morgan fingerprint density at radius 1 is 1.12 bits per heavy atom. The Balaban J connectivity index is 1.39. The van der Waals surface area contributed by atoms with Crippen molar-refractivity contribution in [3.63, 3.8) is 0 Å². The first-order valence-corrected chi connectivity index (χ1v) is 13.7. The number of fused-ring (bicyclic) bond motifs is 1. The number of nitriles is 1. The lowest BCUT2D eigenvalue weighted by Gasteiger charge is -2.27. The second-order valence-corrected chi connectivity index (χ2v) is 10.3. The molecule has 0 aliphatic heterocycles. The van der Waals surface area contributed by atoms with Crippen molar-refractivity contribution in [3.05, 3.63) is 77.9 Å². The smallest absolute Gasteiger partial charge is 0.278 e. The predicted molar refractivity (Wildman–Crippen MR) is 155 cm³/mol. The maximum atomic E-state index is 13.2. The van der Waals surface area contributed by atoms with E-state index in [1.807, 2.05) is 29.5 Å². The summed E-state index contributed by atoms with van der Waals surface area (Å²) >= 11 is 0. The van der Waals surface area contributed by atoms with Crippen LogP contribution in [-0.2, 0) is 11.2 Å². The molecule has 5 rings (SSSR count). The molecule has 1 aliphatic rings. The van der Waals surface area contributed by atoms with Gasteiger partial charge in [-0.1, -0.05) is 32.3 Å². The monoisotopic (exact) mass is 535 g/mol. The van der Waals surface area contributed by atoms with Crippen molar-refractivity contribution in [1.29, 1.82) is 5.26 Å². The van der Waals surface area contributed by atoms with Gasteiger partial charge in [-0.15, -0.1) is 0 Å². The number of aryl methyl sites for hydroxylation is 1. The number of hydrogen-bond acceptors (Lipinski definition) is 6. The van der Waals surface area contributed by atoms with Gasteiger partial charge < -0.3 is 16.0 Å². The highest BCUT2D eigenvalue weighted by Gasteiger charge is 2.26. The molecule has 2 aromatic carbocycles. The van der Waals surface area contributed by atoms with Crippen LogP contribution < -0.4 is 16.0 Å². The number of carbonyl (C=O) groups excluding carboxylic acids is 2. The van der Waals surface area contributed by atoms with Crippen molar-refractivity contribution in [1.82, 2.24) is 14.4 Å². The van der Waals surface area contributed by atoms with Gasteiger partial charge >= 0.3 is 0 Å². The normalized spacial score (nSPS) is 14.4. The number of hydrogen-bond donors (Lipinski definition) is 2. The van der Waals surface area contributed by atoms with Gasteiger partial charge in [0.2, 0.25) is 5.91 Å². The highest BCUT2D eigenvalue weighted by atomic mass is 16.2. The second-order valence-electron chi connectivity index (χ2n) is 10.3. The fourth-order valence-corrected chi connectivity index (χ4v) is 5.35. The first-order chi connectivity index (χ1) is 19.4. The van der Waals surface area contributed by atoms with Crippen LogP contribution in [-0.4, -0.2) is 39.3 Å². The van der Waals surface area contributed by atoms with Gasteiger partial charge in [-0.3, -0.25) is 14.0 Å². The maximum absolute atomic E-state index is 13.2. The number of nitrogens with two attached hydrogens (primary N) is 1. The van der Waals surface area contributed by atoms with E-state index in [-0.39, 0.29) is 23.4 Å². The summed E-state index contributed by atoms with van der Waals surface area (Å²) in [4.78, 5) is 36.5. The summed E-state index contributed by atoms with van der Waals surface area (Å²) in [7, 11) is 1.67. The Morgan fingerprint density at radius 3 is 2.58 bits per heavy atom. The molecule has 2 aromatic heterocycles. The zero-order valence-corrected chi connectivity index (χ0v) is 22.8. The average molecular weight is 536 g/mol. The summed E-state index contributed by atoms with van der Waals surface area (Å²) in [6.07, 6.45) is 11.2. The lowest BCUT2D eigenvalue weighted by Crippen LogP contribution is -2.42. The summed E-state index contributed by atoms with van der Waals surface area (Å²) in [6, 6.07) is 14.3. The van der Waals surface area contributed by atoms with Gasteiger partial charge in [0.15, 0.2) is 5.65 Å². The van der Waals surface area contributed by atoms with Gasteiger partial charge in [0.05, 0.1) is 35.8 Å². The highest BCUT2D eigenvalue weighted by molar-refractivity contribution is 6.04. The molecule has 1 aliphatic carbocycles. The van der Waals surface area contributed by atoms with Gasteiger partial charge in [0, 0.05) is 30.2 Å². The number of benzene rings is 2. The molecule has 0 spiro atoms. The summed E-state index contributed by atoms with van der Waals surface area (Å²) in [5.41, 5.74) is 11.9. The molecule has 40 heavy (non-hydrogen) atoms. The minimum atomic E-state index is -0.505. The van der Waals surface area contributed by atoms with Crippen LogP contribution in [0.15, 0.2) is 61.1 Å². The number of imidazole rings is 1. The van der Waals surface area contributed by atoms with Gasteiger partial charge in [-0.25, -0.2) is 9.97 Å². The van der Waals surface area contributed by atoms with Crippen LogP contribution in [0.5, 0.6) is 0 Å². The van der Waals surface area contributed by atoms with Crippen LogP contribution in [0.2, 0.25) is 0 Å². The van der Waals surface area contributed by atoms with Crippen molar-refractivity contribution < 1.29 is 9.59 Å². The molecule has 1 atom stereocenters. The SMILES string of the molecule is CCc1cc(-c2cnc3cnc(C(=O)N(C)c4ccc(C#N)cc4)cn23)ccc1NC(=O)C(N)C1CCCCC1. The Bertz CT molecular complexity index is 1580. The molecule has 2 amide bonds. The molecule has 0 radical (unpaired) electrons. The van der Waals surface area contributed by atoms with Gasteiger partial charge in [-0.05, 0) is 67.1 Å². The molecule has 0 bridgehead atoms. The van der Waals surface area contributed by atoms with E-state index < -0.39 is 6.04 Å². The van der Waals surface area contributed by atoms with Crippen molar-refractivity contribution in [2.45, 2.75) is 51.5 Å². The van der Waals surface area contributed by atoms with E-state index in [0.717, 1.165) is 54.6 Å². The first-order valence-electron chi connectivity index (χ1n) is 13.7. The third kappa shape index (κ3) is 5.44. The first kappa shape index (κ1) is 27.0. The third-order valence-corrected chi connectivity index (χ3v) is 7.80. The lowest BCUT2D eigenvalue weighted by atomic mass is 9.84. The van der Waals surface area contributed by atoms with Crippen molar-refractivity contribution >= 4 is 28.8 Å². The Hall–Kier alpha value is -4.55. The Kier molecular flexibility index (Phi) is 7.89. The number of amides is 2. The molecule has 1 fully saturated rings. The number of nitrogens with one attached hydrogen (secondary N) is 1. The van der Waals surface area contributed by atoms with E-state index in [4.69, 9.17) is 11.0 Å². The number of rotatable bonds is 7. The van der Waals surface area contributed by atoms with Crippen molar-refractivity contribution in [3.8, 4) is 17.3 Å². The quantitative estimate of drug-likeness (QED) is 0.344. The molecular weight excluding hydrogens is 502 g/mol. The minimum absolute atomic E-state index is 0.134. The summed E-state index contributed by atoms with van der Waals surface area (Å²) in [5.74, 6) is -0.185. The van der Waals surface area contributed by atoms with E-state index in [1.165, 1.54) is 11.3 Å². The minimum Gasteiger partial charge on any atom is -0.324 e. The van der Waals surface area contributed by atoms with Crippen molar-refractivity contribution in [2.75, 3.05) is 17.3 Å². The number of anilines is 2. The van der Waals surface area contributed by atoms with Gasteiger partial charge in [-0.2, -0.15) is 5.26 Å². The van der Waals surface area contributed by atoms with E-state index in [0.29, 0.717) is 16.9 Å². The van der Waals surface area contributed by atoms with Crippen LogP contribution in [0.25, 0.3) is 16.9 Å². The fourth-order valence-electron chi connectivity index (χ4n) is 5.35. The van der Waals surface area contributed by atoms with E-state index in [1.54, 1.807) is 49.9 Å². The molecule has 2 heterocycles. The van der Waals surface area contributed by atoms with Crippen LogP contribution in [0.4, 0.5) is 11.4 Å². The standard InChI is InChI=1S/C31H33N7O2/c1-3-21-15-23(11-14-25(21)36-30(39)29(33)22-7-5-4-6-8-22)27-17-35-28-18-34-26(19-38(27)28)31(40)37(2)24-12-9-20(16-32)10-13-24/h9-15,17-19,22,29H,3-8,33H2,1-2H3,(H,36,39). The predicted octanol–water partition coefficient (Wildman–Crippen LogP) is 4.95. The van der Waals surface area contributed by atoms with Crippen molar-refractivity contribution in [2.24, 2.45) is 11.7 Å². The van der Waals surface area contributed by atoms with Crippen LogP contribution in [0.3, 0.4) is 0 Å². The molecule has 0 saturated heterocycles. The summed E-state index contributed by atoms with van der Waals surface area (Å²) in [6.45, 7) is 2.05. The summed E-state index contributed by atoms with van der Waals surface area (Å²) in [5, 5.41) is 12.1. The molecule has 3 N–H and O–H groups in total. The number of carbonyl (C=O) groups is 2. The van der Waals surface area contributed by atoms with E-state index in [9.17, 15) is 9.59 Å². The van der Waals surface area contributed by atoms with Crippen LogP contribution in [0, 0.1) is 17.2 Å². The molecule has 1 unspecified atom stereocenters. The van der Waals surface area contributed by atoms with Gasteiger partial charge in [0.1, 0.15) is 5.69 Å². The highest BCUT2D eigenvalue weighted by Crippen LogP contribution is 2.29. The summed E-state index contributed by atoms with van der Waals surface area (Å²) < 4.78 is 1.85. The molecule has 1 saturated carbocycles. The molecule has 4 aromatic rings. The topological polar surface area (TPSA) is 129 Å². The Labute approximate surface area is 233 Å². The molecule has 9 nitrogen and oxygen atoms in total. The van der Waals surface area contributed by atoms with Crippen LogP contribution in [0.1, 0.15) is 60.6 Å². The number of nitrogens with zero attached hydrogens (tertiary/aromatic N) is 5. The van der Waals surface area contributed by atoms with Crippen LogP contribution >= 0.6 is 0 Å². The second kappa shape index (κ2) is 11.7.